The lowest BCUT2D eigenvalue weighted by molar-refractivity contribution is 0.146. The summed E-state index contributed by atoms with van der Waals surface area (Å²) in [6.45, 7) is 2.31. The van der Waals surface area contributed by atoms with E-state index in [0.717, 1.165) is 30.5 Å². The highest BCUT2D eigenvalue weighted by Crippen LogP contribution is 2.40. The minimum absolute atomic E-state index is 0.810. The Labute approximate surface area is 93.2 Å². The lowest BCUT2D eigenvalue weighted by atomic mass is 10.0. The van der Waals surface area contributed by atoms with Crippen LogP contribution in [0.5, 0.6) is 0 Å². The van der Waals surface area contributed by atoms with Crippen LogP contribution in [0.3, 0.4) is 0 Å². The summed E-state index contributed by atoms with van der Waals surface area (Å²) in [6.07, 6.45) is 10.1. The molecule has 2 heteroatoms. The van der Waals surface area contributed by atoms with E-state index >= 15 is 0 Å². The second kappa shape index (κ2) is 4.06. The van der Waals surface area contributed by atoms with Gasteiger partial charge < -0.3 is 5.73 Å². The average molecular weight is 208 g/mol. The first-order valence-electron chi connectivity index (χ1n) is 6.84. The molecule has 0 saturated heterocycles. The van der Waals surface area contributed by atoms with Crippen LogP contribution in [-0.4, -0.2) is 30.1 Å². The Kier molecular flexibility index (Phi) is 2.73. The first kappa shape index (κ1) is 10.1. The molecular formula is C13H24N2. The van der Waals surface area contributed by atoms with Gasteiger partial charge in [-0.1, -0.05) is 6.42 Å². The van der Waals surface area contributed by atoms with E-state index in [1.807, 2.05) is 0 Å². The van der Waals surface area contributed by atoms with Gasteiger partial charge in [0.05, 0.1) is 0 Å². The fourth-order valence-corrected chi connectivity index (χ4v) is 3.29. The third-order valence-electron chi connectivity index (χ3n) is 4.53. The number of rotatable bonds is 5. The minimum Gasteiger partial charge on any atom is -0.330 e. The minimum atomic E-state index is 0.810. The molecule has 2 atom stereocenters. The molecule has 0 aliphatic heterocycles. The lowest BCUT2D eigenvalue weighted by Crippen LogP contribution is -2.42. The third kappa shape index (κ3) is 2.21. The predicted molar refractivity (Wildman–Crippen MR) is 62.6 cm³/mol. The van der Waals surface area contributed by atoms with Crippen LogP contribution in [-0.2, 0) is 0 Å². The van der Waals surface area contributed by atoms with Crippen LogP contribution < -0.4 is 5.73 Å². The van der Waals surface area contributed by atoms with Crippen LogP contribution in [0.1, 0.15) is 44.9 Å². The van der Waals surface area contributed by atoms with Gasteiger partial charge in [0.25, 0.3) is 0 Å². The van der Waals surface area contributed by atoms with Gasteiger partial charge in [-0.05, 0) is 56.9 Å². The van der Waals surface area contributed by atoms with Crippen LogP contribution in [0, 0.1) is 11.8 Å². The van der Waals surface area contributed by atoms with Crippen molar-refractivity contribution in [1.82, 2.24) is 4.90 Å². The SMILES string of the molecule is NCC1CCCC1N(CC1CC1)C1CC1. The molecule has 3 aliphatic rings. The Hall–Kier alpha value is -0.0800. The molecule has 3 aliphatic carbocycles. The maximum absolute atomic E-state index is 5.90. The first-order valence-corrected chi connectivity index (χ1v) is 6.84. The second-order valence-electron chi connectivity index (χ2n) is 5.87. The van der Waals surface area contributed by atoms with Gasteiger partial charge in [-0.15, -0.1) is 0 Å². The number of nitrogens with two attached hydrogens (primary N) is 1. The van der Waals surface area contributed by atoms with Crippen molar-refractivity contribution < 1.29 is 0 Å². The van der Waals surface area contributed by atoms with Gasteiger partial charge in [0.2, 0.25) is 0 Å². The Morgan fingerprint density at radius 3 is 2.40 bits per heavy atom. The maximum Gasteiger partial charge on any atom is 0.0139 e. The summed E-state index contributed by atoms with van der Waals surface area (Å²) < 4.78 is 0. The molecule has 0 aromatic rings. The van der Waals surface area contributed by atoms with E-state index in [2.05, 4.69) is 4.90 Å². The second-order valence-corrected chi connectivity index (χ2v) is 5.87. The van der Waals surface area contributed by atoms with Gasteiger partial charge in [0, 0.05) is 18.6 Å². The highest BCUT2D eigenvalue weighted by atomic mass is 15.2. The zero-order valence-electron chi connectivity index (χ0n) is 9.70. The molecule has 0 amide bonds. The zero-order chi connectivity index (χ0) is 10.3. The summed E-state index contributed by atoms with van der Waals surface area (Å²) in [6, 6.07) is 1.80. The standard InChI is InChI=1S/C13H24N2/c14-8-11-2-1-3-13(11)15(12-6-7-12)9-10-4-5-10/h10-13H,1-9,14H2. The quantitative estimate of drug-likeness (QED) is 0.748. The van der Waals surface area contributed by atoms with E-state index in [-0.39, 0.29) is 0 Å². The highest BCUT2D eigenvalue weighted by Gasteiger charge is 2.41. The third-order valence-corrected chi connectivity index (χ3v) is 4.53. The summed E-state index contributed by atoms with van der Waals surface area (Å²) >= 11 is 0. The van der Waals surface area contributed by atoms with E-state index in [1.54, 1.807) is 0 Å². The Bertz CT molecular complexity index is 221. The smallest absolute Gasteiger partial charge is 0.0139 e. The molecule has 86 valence electrons. The van der Waals surface area contributed by atoms with Gasteiger partial charge >= 0.3 is 0 Å². The molecular weight excluding hydrogens is 184 g/mol. The molecule has 3 saturated carbocycles. The molecule has 0 heterocycles. The molecule has 0 spiro atoms. The molecule has 15 heavy (non-hydrogen) atoms. The molecule has 2 nitrogen and oxygen atoms in total. The summed E-state index contributed by atoms with van der Waals surface area (Å²) in [4.78, 5) is 2.85. The molecule has 3 fully saturated rings. The summed E-state index contributed by atoms with van der Waals surface area (Å²) in [5.41, 5.74) is 5.90. The van der Waals surface area contributed by atoms with Crippen molar-refractivity contribution >= 4 is 0 Å². The van der Waals surface area contributed by atoms with Gasteiger partial charge in [-0.25, -0.2) is 0 Å². The number of nitrogens with zero attached hydrogens (tertiary/aromatic N) is 1. The van der Waals surface area contributed by atoms with Crippen molar-refractivity contribution in [2.24, 2.45) is 17.6 Å². The summed E-state index contributed by atoms with van der Waals surface area (Å²) in [7, 11) is 0. The van der Waals surface area contributed by atoms with Crippen molar-refractivity contribution in [1.29, 1.82) is 0 Å². The molecule has 0 bridgehead atoms. The van der Waals surface area contributed by atoms with Crippen LogP contribution >= 0.6 is 0 Å². The molecule has 3 rings (SSSR count). The predicted octanol–water partition coefficient (Wildman–Crippen LogP) is 1.99. The number of hydrogen-bond acceptors (Lipinski definition) is 2. The van der Waals surface area contributed by atoms with Crippen molar-refractivity contribution in [3.63, 3.8) is 0 Å². The van der Waals surface area contributed by atoms with E-state index < -0.39 is 0 Å². The van der Waals surface area contributed by atoms with Gasteiger partial charge in [-0.3, -0.25) is 4.90 Å². The topological polar surface area (TPSA) is 29.3 Å². The van der Waals surface area contributed by atoms with Gasteiger partial charge in [0.1, 0.15) is 0 Å². The lowest BCUT2D eigenvalue weighted by Gasteiger charge is -2.33. The van der Waals surface area contributed by atoms with Crippen LogP contribution in [0.2, 0.25) is 0 Å². The monoisotopic (exact) mass is 208 g/mol. The molecule has 2 N–H and O–H groups in total. The van der Waals surface area contributed by atoms with Gasteiger partial charge in [-0.2, -0.15) is 0 Å². The van der Waals surface area contributed by atoms with Crippen molar-refractivity contribution in [3.8, 4) is 0 Å². The number of hydrogen-bond donors (Lipinski definition) is 1. The first-order chi connectivity index (χ1) is 7.38. The van der Waals surface area contributed by atoms with Crippen LogP contribution in [0.25, 0.3) is 0 Å². The largest absolute Gasteiger partial charge is 0.330 e. The Morgan fingerprint density at radius 2 is 1.80 bits per heavy atom. The van der Waals surface area contributed by atoms with Gasteiger partial charge in [0.15, 0.2) is 0 Å². The molecule has 2 unspecified atom stereocenters. The normalized spacial score (nSPS) is 36.4. The maximum atomic E-state index is 5.90. The molecule has 0 aromatic carbocycles. The van der Waals surface area contributed by atoms with E-state index in [0.29, 0.717) is 0 Å². The average Bonchev–Trinajstić information content (AvgIpc) is 3.13. The van der Waals surface area contributed by atoms with Crippen LogP contribution in [0.4, 0.5) is 0 Å². The van der Waals surface area contributed by atoms with Crippen molar-refractivity contribution in [2.75, 3.05) is 13.1 Å². The van der Waals surface area contributed by atoms with E-state index in [4.69, 9.17) is 5.73 Å². The van der Waals surface area contributed by atoms with Crippen molar-refractivity contribution in [2.45, 2.75) is 57.0 Å². The Balaban J connectivity index is 1.63. The van der Waals surface area contributed by atoms with E-state index in [1.165, 1.54) is 51.5 Å². The fourth-order valence-electron chi connectivity index (χ4n) is 3.29. The van der Waals surface area contributed by atoms with E-state index in [9.17, 15) is 0 Å². The summed E-state index contributed by atoms with van der Waals surface area (Å²) in [5.74, 6) is 1.86. The molecule has 0 radical (unpaired) electrons. The van der Waals surface area contributed by atoms with Crippen molar-refractivity contribution in [3.05, 3.63) is 0 Å². The zero-order valence-corrected chi connectivity index (χ0v) is 9.70. The Morgan fingerprint density at radius 1 is 1.00 bits per heavy atom. The highest BCUT2D eigenvalue weighted by molar-refractivity contribution is 4.96. The molecule has 0 aromatic heterocycles. The fraction of sp³-hybridized carbons (Fsp3) is 1.00. The van der Waals surface area contributed by atoms with Crippen LogP contribution in [0.15, 0.2) is 0 Å². The summed E-state index contributed by atoms with van der Waals surface area (Å²) in [5, 5.41) is 0.